The molecular formula is C14H24N2O2S. The Bertz CT molecular complexity index is 577. The first-order valence-electron chi connectivity index (χ1n) is 6.40. The van der Waals surface area contributed by atoms with E-state index in [9.17, 15) is 8.42 Å². The van der Waals surface area contributed by atoms with Crippen molar-refractivity contribution in [3.63, 3.8) is 0 Å². The Morgan fingerprint density at radius 1 is 1.26 bits per heavy atom. The van der Waals surface area contributed by atoms with Crippen LogP contribution in [0, 0.1) is 13.8 Å². The van der Waals surface area contributed by atoms with Gasteiger partial charge < -0.3 is 5.73 Å². The van der Waals surface area contributed by atoms with Gasteiger partial charge in [-0.05, 0) is 51.3 Å². The van der Waals surface area contributed by atoms with Crippen molar-refractivity contribution in [3.8, 4) is 0 Å². The lowest BCUT2D eigenvalue weighted by molar-refractivity contribution is 0.257. The van der Waals surface area contributed by atoms with E-state index in [1.807, 2.05) is 20.8 Å². The summed E-state index contributed by atoms with van der Waals surface area (Å²) in [5, 5.41) is 0. The number of sulfonamides is 1. The van der Waals surface area contributed by atoms with Crippen LogP contribution in [-0.4, -0.2) is 25.3 Å². The summed E-state index contributed by atoms with van der Waals surface area (Å²) >= 11 is 0. The Labute approximate surface area is 116 Å². The van der Waals surface area contributed by atoms with Gasteiger partial charge >= 0.3 is 0 Å². The zero-order valence-corrected chi connectivity index (χ0v) is 13.4. The van der Waals surface area contributed by atoms with Gasteiger partial charge in [-0.25, -0.2) is 8.42 Å². The van der Waals surface area contributed by atoms with Gasteiger partial charge in [0.25, 0.3) is 0 Å². The molecule has 4 nitrogen and oxygen atoms in total. The van der Waals surface area contributed by atoms with Gasteiger partial charge in [-0.3, -0.25) is 0 Å². The number of rotatable bonds is 4. The number of nitrogens with zero attached hydrogens (tertiary/aromatic N) is 1. The van der Waals surface area contributed by atoms with E-state index in [1.165, 1.54) is 4.31 Å². The molecule has 0 amide bonds. The molecule has 2 N–H and O–H groups in total. The number of nitrogen functional groups attached to an aromatic ring is 1. The number of aryl methyl sites for hydroxylation is 1. The second-order valence-corrected chi connectivity index (χ2v) is 7.47. The van der Waals surface area contributed by atoms with Gasteiger partial charge in [0.1, 0.15) is 0 Å². The summed E-state index contributed by atoms with van der Waals surface area (Å²) in [6.45, 7) is 9.36. The Morgan fingerprint density at radius 3 is 2.26 bits per heavy atom. The molecule has 0 saturated heterocycles. The van der Waals surface area contributed by atoms with Gasteiger partial charge in [-0.1, -0.05) is 13.0 Å². The maximum atomic E-state index is 12.8. The van der Waals surface area contributed by atoms with E-state index in [4.69, 9.17) is 5.73 Å². The first-order valence-corrected chi connectivity index (χ1v) is 7.84. The van der Waals surface area contributed by atoms with Crippen molar-refractivity contribution >= 4 is 15.7 Å². The minimum Gasteiger partial charge on any atom is -0.398 e. The molecule has 0 atom stereocenters. The van der Waals surface area contributed by atoms with E-state index >= 15 is 0 Å². The van der Waals surface area contributed by atoms with Crippen LogP contribution in [0.4, 0.5) is 5.69 Å². The molecule has 1 rings (SSSR count). The molecule has 0 spiro atoms. The highest BCUT2D eigenvalue weighted by Gasteiger charge is 2.34. The van der Waals surface area contributed by atoms with Crippen molar-refractivity contribution in [3.05, 3.63) is 23.3 Å². The SMILES string of the molecule is CCC(C)(C)N(C)S(=O)(=O)c1c(C)ccc(N)c1C. The summed E-state index contributed by atoms with van der Waals surface area (Å²) in [4.78, 5) is 0.330. The van der Waals surface area contributed by atoms with E-state index in [-0.39, 0.29) is 0 Å². The standard InChI is InChI=1S/C14H24N2O2S/c1-7-14(4,5)16(6)19(17,18)13-10(2)8-9-12(15)11(13)3/h8-9H,7,15H2,1-6H3. The summed E-state index contributed by atoms with van der Waals surface area (Å²) in [5.41, 5.74) is 7.27. The van der Waals surface area contributed by atoms with Crippen LogP contribution in [-0.2, 0) is 10.0 Å². The highest BCUT2D eigenvalue weighted by atomic mass is 32.2. The molecule has 0 radical (unpaired) electrons. The smallest absolute Gasteiger partial charge is 0.243 e. The van der Waals surface area contributed by atoms with E-state index in [0.717, 1.165) is 12.0 Å². The predicted octanol–water partition coefficient (Wildman–Crippen LogP) is 2.69. The Balaban J connectivity index is 3.49. The number of anilines is 1. The monoisotopic (exact) mass is 284 g/mol. The summed E-state index contributed by atoms with van der Waals surface area (Å²) in [6, 6.07) is 3.50. The van der Waals surface area contributed by atoms with Gasteiger partial charge in [0.05, 0.1) is 4.90 Å². The summed E-state index contributed by atoms with van der Waals surface area (Å²) in [6.07, 6.45) is 0.739. The lowest BCUT2D eigenvalue weighted by Crippen LogP contribution is -2.44. The Kier molecular flexibility index (Phi) is 4.32. The van der Waals surface area contributed by atoms with Crippen LogP contribution >= 0.6 is 0 Å². The van der Waals surface area contributed by atoms with Crippen LogP contribution in [0.25, 0.3) is 0 Å². The highest BCUT2D eigenvalue weighted by molar-refractivity contribution is 7.89. The van der Waals surface area contributed by atoms with Crippen LogP contribution in [0.3, 0.4) is 0 Å². The van der Waals surface area contributed by atoms with Crippen molar-refractivity contribution in [1.82, 2.24) is 4.31 Å². The molecule has 1 aromatic carbocycles. The third kappa shape index (κ3) is 2.77. The maximum Gasteiger partial charge on any atom is 0.243 e. The second kappa shape index (κ2) is 5.13. The zero-order valence-electron chi connectivity index (χ0n) is 12.6. The summed E-state index contributed by atoms with van der Waals surface area (Å²) < 4.78 is 27.0. The molecule has 0 aromatic heterocycles. The quantitative estimate of drug-likeness (QED) is 0.865. The largest absolute Gasteiger partial charge is 0.398 e. The molecule has 108 valence electrons. The van der Waals surface area contributed by atoms with E-state index in [1.54, 1.807) is 33.0 Å². The number of nitrogens with two attached hydrogens (primary N) is 1. The average molecular weight is 284 g/mol. The number of hydrogen-bond donors (Lipinski definition) is 1. The van der Waals surface area contributed by atoms with Gasteiger partial charge in [0.2, 0.25) is 10.0 Å². The van der Waals surface area contributed by atoms with Crippen molar-refractivity contribution < 1.29 is 8.42 Å². The molecule has 0 bridgehead atoms. The fraction of sp³-hybridized carbons (Fsp3) is 0.571. The minimum atomic E-state index is -3.54. The molecule has 0 unspecified atom stereocenters. The van der Waals surface area contributed by atoms with E-state index < -0.39 is 15.6 Å². The maximum absolute atomic E-state index is 12.8. The lowest BCUT2D eigenvalue weighted by Gasteiger charge is -2.34. The average Bonchev–Trinajstić information content (AvgIpc) is 2.33. The molecule has 0 fully saturated rings. The fourth-order valence-electron chi connectivity index (χ4n) is 1.92. The molecule has 0 saturated carbocycles. The Hall–Kier alpha value is -1.07. The third-order valence-corrected chi connectivity index (χ3v) is 6.34. The normalized spacial score (nSPS) is 13.0. The zero-order chi connectivity index (χ0) is 15.0. The van der Waals surface area contributed by atoms with Crippen molar-refractivity contribution in [2.45, 2.75) is 51.5 Å². The second-order valence-electron chi connectivity index (χ2n) is 5.56. The van der Waals surface area contributed by atoms with E-state index in [2.05, 4.69) is 0 Å². The van der Waals surface area contributed by atoms with Crippen molar-refractivity contribution in [2.75, 3.05) is 12.8 Å². The van der Waals surface area contributed by atoms with Gasteiger partial charge in [-0.15, -0.1) is 0 Å². The van der Waals surface area contributed by atoms with Crippen LogP contribution < -0.4 is 5.73 Å². The van der Waals surface area contributed by atoms with Gasteiger partial charge in [0, 0.05) is 18.3 Å². The molecule has 5 heteroatoms. The topological polar surface area (TPSA) is 63.4 Å². The first-order chi connectivity index (χ1) is 8.55. The van der Waals surface area contributed by atoms with Crippen LogP contribution in [0.2, 0.25) is 0 Å². The molecular weight excluding hydrogens is 260 g/mol. The minimum absolute atomic E-state index is 0.330. The van der Waals surface area contributed by atoms with Gasteiger partial charge in [-0.2, -0.15) is 4.31 Å². The summed E-state index contributed by atoms with van der Waals surface area (Å²) in [5.74, 6) is 0. The fourth-order valence-corrected chi connectivity index (χ4v) is 3.96. The van der Waals surface area contributed by atoms with Gasteiger partial charge in [0.15, 0.2) is 0 Å². The van der Waals surface area contributed by atoms with Crippen LogP contribution in [0.15, 0.2) is 17.0 Å². The molecule has 1 aromatic rings. The molecule has 0 aliphatic rings. The molecule has 0 aliphatic heterocycles. The number of benzene rings is 1. The lowest BCUT2D eigenvalue weighted by atomic mass is 10.0. The Morgan fingerprint density at radius 2 is 1.79 bits per heavy atom. The predicted molar refractivity (Wildman–Crippen MR) is 79.6 cm³/mol. The number of hydrogen-bond acceptors (Lipinski definition) is 3. The van der Waals surface area contributed by atoms with Crippen molar-refractivity contribution in [1.29, 1.82) is 0 Å². The van der Waals surface area contributed by atoms with Crippen LogP contribution in [0.1, 0.15) is 38.3 Å². The first kappa shape index (κ1) is 16.0. The summed E-state index contributed by atoms with van der Waals surface area (Å²) in [7, 11) is -1.91. The molecule has 19 heavy (non-hydrogen) atoms. The molecule has 0 heterocycles. The third-order valence-electron chi connectivity index (χ3n) is 3.98. The highest BCUT2D eigenvalue weighted by Crippen LogP contribution is 2.31. The van der Waals surface area contributed by atoms with Crippen molar-refractivity contribution in [2.24, 2.45) is 0 Å². The van der Waals surface area contributed by atoms with Crippen LogP contribution in [0.5, 0.6) is 0 Å². The molecule has 0 aliphatic carbocycles. The van der Waals surface area contributed by atoms with E-state index in [0.29, 0.717) is 16.1 Å².